The molecule has 6 heteroatoms. The molecule has 1 saturated heterocycles. The summed E-state index contributed by atoms with van der Waals surface area (Å²) in [5, 5.41) is 5.79. The van der Waals surface area contributed by atoms with Crippen LogP contribution >= 0.6 is 0 Å². The molecule has 0 radical (unpaired) electrons. The van der Waals surface area contributed by atoms with Gasteiger partial charge in [-0.15, -0.1) is 0 Å². The third kappa shape index (κ3) is 3.90. The van der Waals surface area contributed by atoms with E-state index in [-0.39, 0.29) is 23.6 Å². The molecule has 1 aromatic carbocycles. The predicted molar refractivity (Wildman–Crippen MR) is 93.8 cm³/mol. The van der Waals surface area contributed by atoms with Gasteiger partial charge in [-0.2, -0.15) is 0 Å². The summed E-state index contributed by atoms with van der Waals surface area (Å²) < 4.78 is 0. The smallest absolute Gasteiger partial charge is 0.251 e. The van der Waals surface area contributed by atoms with Gasteiger partial charge in [0.25, 0.3) is 5.91 Å². The molecule has 0 bridgehead atoms. The number of likely N-dealkylation sites (tertiary alicyclic amines) is 1. The summed E-state index contributed by atoms with van der Waals surface area (Å²) in [7, 11) is 0. The van der Waals surface area contributed by atoms with Crippen molar-refractivity contribution in [2.24, 2.45) is 5.92 Å². The van der Waals surface area contributed by atoms with Crippen molar-refractivity contribution in [1.82, 2.24) is 15.5 Å². The van der Waals surface area contributed by atoms with Crippen molar-refractivity contribution in [2.45, 2.75) is 25.8 Å². The first kappa shape index (κ1) is 17.2. The predicted octanol–water partition coefficient (Wildman–Crippen LogP) is 1.01. The Morgan fingerprint density at radius 1 is 1.32 bits per heavy atom. The Hall–Kier alpha value is -2.63. The molecule has 6 nitrogen and oxygen atoms in total. The van der Waals surface area contributed by atoms with Gasteiger partial charge in [0.1, 0.15) is 0 Å². The summed E-state index contributed by atoms with van der Waals surface area (Å²) in [4.78, 5) is 37.5. The number of carbonyl (C=O) groups excluding carboxylic acids is 3. The highest BCUT2D eigenvalue weighted by atomic mass is 16.2. The van der Waals surface area contributed by atoms with Gasteiger partial charge in [0.2, 0.25) is 11.8 Å². The van der Waals surface area contributed by atoms with Gasteiger partial charge in [0.15, 0.2) is 0 Å². The Bertz CT molecular complexity index is 706. The lowest BCUT2D eigenvalue weighted by molar-refractivity contribution is -0.132. The van der Waals surface area contributed by atoms with Crippen LogP contribution in [0.4, 0.5) is 0 Å². The fourth-order valence-electron chi connectivity index (χ4n) is 3.39. The number of nitrogens with one attached hydrogen (secondary N) is 2. The summed E-state index contributed by atoms with van der Waals surface area (Å²) in [5.41, 5.74) is 2.68. The van der Waals surface area contributed by atoms with E-state index in [1.54, 1.807) is 4.90 Å². The Morgan fingerprint density at radius 2 is 2.08 bits per heavy atom. The van der Waals surface area contributed by atoms with E-state index in [4.69, 9.17) is 0 Å². The van der Waals surface area contributed by atoms with E-state index >= 15 is 0 Å². The summed E-state index contributed by atoms with van der Waals surface area (Å²) in [6, 6.07) is 5.79. The van der Waals surface area contributed by atoms with Crippen LogP contribution < -0.4 is 10.6 Å². The maximum Gasteiger partial charge on any atom is 0.251 e. The quantitative estimate of drug-likeness (QED) is 0.803. The molecule has 2 aliphatic heterocycles. The Labute approximate surface area is 147 Å². The number of fused-ring (bicyclic) bond motifs is 1. The van der Waals surface area contributed by atoms with Crippen molar-refractivity contribution in [3.05, 3.63) is 47.5 Å². The molecule has 132 valence electrons. The summed E-state index contributed by atoms with van der Waals surface area (Å²) in [5.74, 6) is -0.192. The first-order valence-electron chi connectivity index (χ1n) is 8.67. The zero-order valence-electron chi connectivity index (χ0n) is 14.2. The molecule has 0 spiro atoms. The molecule has 0 aliphatic carbocycles. The summed E-state index contributed by atoms with van der Waals surface area (Å²) in [6.45, 7) is 5.74. The van der Waals surface area contributed by atoms with Crippen molar-refractivity contribution >= 4 is 17.7 Å². The molecule has 0 aromatic heterocycles. The Kier molecular flexibility index (Phi) is 5.16. The van der Waals surface area contributed by atoms with E-state index in [9.17, 15) is 14.4 Å². The van der Waals surface area contributed by atoms with Crippen LogP contribution in [0, 0.1) is 5.92 Å². The van der Waals surface area contributed by atoms with Gasteiger partial charge in [-0.25, -0.2) is 0 Å². The number of carbonyl (C=O) groups is 3. The van der Waals surface area contributed by atoms with Crippen molar-refractivity contribution in [3.8, 4) is 0 Å². The average molecular weight is 341 g/mol. The molecule has 0 atom stereocenters. The molecule has 1 fully saturated rings. The zero-order valence-corrected chi connectivity index (χ0v) is 14.2. The number of nitrogens with zero attached hydrogens (tertiary/aromatic N) is 1. The molecule has 2 N–H and O–H groups in total. The maximum absolute atomic E-state index is 12.4. The molecule has 2 aliphatic rings. The van der Waals surface area contributed by atoms with Gasteiger partial charge >= 0.3 is 0 Å². The minimum Gasteiger partial charge on any atom is -0.352 e. The maximum atomic E-state index is 12.4. The first-order valence-corrected chi connectivity index (χ1v) is 8.67. The molecule has 0 saturated carbocycles. The molecular formula is C19H23N3O3. The highest BCUT2D eigenvalue weighted by Crippen LogP contribution is 2.19. The highest BCUT2D eigenvalue weighted by molar-refractivity contribution is 5.96. The monoisotopic (exact) mass is 341 g/mol. The number of hydrogen-bond acceptors (Lipinski definition) is 3. The molecule has 1 aromatic rings. The van der Waals surface area contributed by atoms with E-state index in [1.807, 2.05) is 18.2 Å². The standard InChI is InChI=1S/C19H23N3O3/c1-2-17(23)22-9-6-15(7-10-22)18(24)21-12-13-3-4-14-5-8-20-19(25)16(14)11-13/h2-4,11,15H,1,5-10,12H2,(H,20,25)(H,21,24). The van der Waals surface area contributed by atoms with Crippen molar-refractivity contribution in [1.29, 1.82) is 0 Å². The second kappa shape index (κ2) is 7.51. The number of benzene rings is 1. The highest BCUT2D eigenvalue weighted by Gasteiger charge is 2.26. The third-order valence-electron chi connectivity index (χ3n) is 4.92. The largest absolute Gasteiger partial charge is 0.352 e. The van der Waals surface area contributed by atoms with Crippen molar-refractivity contribution in [2.75, 3.05) is 19.6 Å². The summed E-state index contributed by atoms with van der Waals surface area (Å²) in [6.07, 6.45) is 3.48. The lowest BCUT2D eigenvalue weighted by Gasteiger charge is -2.30. The van der Waals surface area contributed by atoms with Gasteiger partial charge in [-0.3, -0.25) is 14.4 Å². The van der Waals surface area contributed by atoms with Crippen LogP contribution in [0.15, 0.2) is 30.9 Å². The van der Waals surface area contributed by atoms with Crippen molar-refractivity contribution < 1.29 is 14.4 Å². The lowest BCUT2D eigenvalue weighted by atomic mass is 9.95. The Balaban J connectivity index is 1.53. The Morgan fingerprint density at radius 3 is 2.80 bits per heavy atom. The van der Waals surface area contributed by atoms with Crippen LogP contribution in [0.2, 0.25) is 0 Å². The topological polar surface area (TPSA) is 78.5 Å². The number of amides is 3. The molecule has 3 rings (SSSR count). The number of rotatable bonds is 4. The van der Waals surface area contributed by atoms with E-state index < -0.39 is 0 Å². The van der Waals surface area contributed by atoms with Crippen LogP contribution in [0.1, 0.15) is 34.3 Å². The van der Waals surface area contributed by atoms with Gasteiger partial charge in [-0.1, -0.05) is 18.7 Å². The summed E-state index contributed by atoms with van der Waals surface area (Å²) >= 11 is 0. The normalized spacial score (nSPS) is 17.4. The van der Waals surface area contributed by atoms with Gasteiger partial charge in [-0.05, 0) is 42.5 Å². The molecular weight excluding hydrogens is 318 g/mol. The van der Waals surface area contributed by atoms with Crippen LogP contribution in [0.3, 0.4) is 0 Å². The molecule has 3 amide bonds. The van der Waals surface area contributed by atoms with E-state index in [0.717, 1.165) is 17.5 Å². The zero-order chi connectivity index (χ0) is 17.8. The van der Waals surface area contributed by atoms with Gasteiger partial charge in [0, 0.05) is 37.7 Å². The fraction of sp³-hybridized carbons (Fsp3) is 0.421. The third-order valence-corrected chi connectivity index (χ3v) is 4.92. The number of piperidine rings is 1. The van der Waals surface area contributed by atoms with Gasteiger partial charge in [0.05, 0.1) is 0 Å². The van der Waals surface area contributed by atoms with Crippen LogP contribution in [-0.4, -0.2) is 42.3 Å². The van der Waals surface area contributed by atoms with E-state index in [0.29, 0.717) is 44.6 Å². The average Bonchev–Trinajstić information content (AvgIpc) is 2.66. The van der Waals surface area contributed by atoms with Crippen molar-refractivity contribution in [3.63, 3.8) is 0 Å². The molecule has 0 unspecified atom stereocenters. The van der Waals surface area contributed by atoms with E-state index in [1.165, 1.54) is 6.08 Å². The van der Waals surface area contributed by atoms with Gasteiger partial charge < -0.3 is 15.5 Å². The minimum atomic E-state index is -0.0776. The SMILES string of the molecule is C=CC(=O)N1CCC(C(=O)NCc2ccc3c(c2)C(=O)NCC3)CC1. The number of hydrogen-bond donors (Lipinski definition) is 2. The van der Waals surface area contributed by atoms with Crippen LogP contribution in [0.5, 0.6) is 0 Å². The second-order valence-corrected chi connectivity index (χ2v) is 6.52. The molecule has 2 heterocycles. The van der Waals surface area contributed by atoms with Crippen LogP contribution in [0.25, 0.3) is 0 Å². The molecule has 25 heavy (non-hydrogen) atoms. The first-order chi connectivity index (χ1) is 12.1. The van der Waals surface area contributed by atoms with Crippen LogP contribution in [-0.2, 0) is 22.6 Å². The lowest BCUT2D eigenvalue weighted by Crippen LogP contribution is -2.42. The van der Waals surface area contributed by atoms with E-state index in [2.05, 4.69) is 17.2 Å². The minimum absolute atomic E-state index is 0.00729. The second-order valence-electron chi connectivity index (χ2n) is 6.52. The fourth-order valence-corrected chi connectivity index (χ4v) is 3.39.